The first-order valence-electron chi connectivity index (χ1n) is 11.3. The lowest BCUT2D eigenvalue weighted by Gasteiger charge is -2.29. The number of halogens is 1. The van der Waals surface area contributed by atoms with Crippen LogP contribution >= 0.6 is 0 Å². The Labute approximate surface area is 176 Å². The van der Waals surface area contributed by atoms with Gasteiger partial charge in [-0.05, 0) is 54.7 Å². The van der Waals surface area contributed by atoms with Gasteiger partial charge in [0.2, 0.25) is 0 Å². The number of hydrogen-bond acceptors (Lipinski definition) is 1. The van der Waals surface area contributed by atoms with Gasteiger partial charge in [-0.2, -0.15) is 0 Å². The average Bonchev–Trinajstić information content (AvgIpc) is 2.76. The van der Waals surface area contributed by atoms with Crippen LogP contribution in [0.2, 0.25) is 0 Å². The van der Waals surface area contributed by atoms with E-state index in [0.29, 0.717) is 18.1 Å². The van der Waals surface area contributed by atoms with E-state index in [-0.39, 0.29) is 5.82 Å². The Hall–Kier alpha value is -1.93. The summed E-state index contributed by atoms with van der Waals surface area (Å²) in [4.78, 5) is 0. The van der Waals surface area contributed by atoms with Crippen molar-refractivity contribution in [3.05, 3.63) is 83.7 Å². The summed E-state index contributed by atoms with van der Waals surface area (Å²) < 4.78 is 20.3. The van der Waals surface area contributed by atoms with E-state index in [1.54, 1.807) is 18.2 Å². The molecule has 156 valence electrons. The molecule has 1 unspecified atom stereocenters. The van der Waals surface area contributed by atoms with Gasteiger partial charge in [0.05, 0.1) is 6.61 Å². The van der Waals surface area contributed by atoms with Crippen LogP contribution < -0.4 is 0 Å². The molecule has 2 heteroatoms. The first-order chi connectivity index (χ1) is 14.2. The van der Waals surface area contributed by atoms with Crippen molar-refractivity contribution in [2.24, 2.45) is 5.92 Å². The summed E-state index contributed by atoms with van der Waals surface area (Å²) in [5.41, 5.74) is 2.99. The lowest BCUT2D eigenvalue weighted by Crippen LogP contribution is -2.14. The quantitative estimate of drug-likeness (QED) is 0.293. The summed E-state index contributed by atoms with van der Waals surface area (Å²) in [5.74, 6) is 1.36. The van der Waals surface area contributed by atoms with Gasteiger partial charge in [-0.25, -0.2) is 4.39 Å². The summed E-state index contributed by atoms with van der Waals surface area (Å²) in [6.45, 7) is 6.40. The number of unbranched alkanes of at least 4 members (excludes halogenated alkanes) is 2. The maximum Gasteiger partial charge on any atom is 0.129 e. The third kappa shape index (κ3) is 6.02. The molecule has 1 fully saturated rings. The van der Waals surface area contributed by atoms with Gasteiger partial charge in [0.25, 0.3) is 0 Å². The molecule has 0 spiro atoms. The molecular formula is C27H35FO. The zero-order chi connectivity index (χ0) is 20.5. The Bertz CT molecular complexity index is 743. The van der Waals surface area contributed by atoms with Crippen LogP contribution in [0, 0.1) is 11.7 Å². The van der Waals surface area contributed by atoms with Gasteiger partial charge >= 0.3 is 0 Å². The molecule has 0 radical (unpaired) electrons. The second-order valence-electron chi connectivity index (χ2n) is 8.40. The van der Waals surface area contributed by atoms with Crippen LogP contribution in [0.4, 0.5) is 4.39 Å². The predicted molar refractivity (Wildman–Crippen MR) is 120 cm³/mol. The SMILES string of the molecule is C=CCOC(c1ccc(C2CCC(CCCCC)CC2)cc1)c1ccccc1F. The maximum absolute atomic E-state index is 14.4. The number of ether oxygens (including phenoxy) is 1. The molecule has 2 aromatic carbocycles. The zero-order valence-electron chi connectivity index (χ0n) is 17.8. The van der Waals surface area contributed by atoms with E-state index >= 15 is 0 Å². The minimum atomic E-state index is -0.405. The van der Waals surface area contributed by atoms with E-state index < -0.39 is 6.10 Å². The van der Waals surface area contributed by atoms with Crippen LogP contribution in [-0.4, -0.2) is 6.61 Å². The summed E-state index contributed by atoms with van der Waals surface area (Å²) >= 11 is 0. The molecule has 29 heavy (non-hydrogen) atoms. The first kappa shape index (κ1) is 21.8. The largest absolute Gasteiger partial charge is 0.365 e. The topological polar surface area (TPSA) is 9.23 Å². The van der Waals surface area contributed by atoms with E-state index in [1.165, 1.54) is 63.0 Å². The molecule has 1 atom stereocenters. The van der Waals surface area contributed by atoms with Crippen molar-refractivity contribution in [3.8, 4) is 0 Å². The third-order valence-electron chi connectivity index (χ3n) is 6.34. The molecule has 2 aromatic rings. The lowest BCUT2D eigenvalue weighted by atomic mass is 9.77. The Kier molecular flexibility index (Phi) is 8.49. The van der Waals surface area contributed by atoms with Crippen molar-refractivity contribution in [3.63, 3.8) is 0 Å². The Morgan fingerprint density at radius 3 is 2.41 bits per heavy atom. The van der Waals surface area contributed by atoms with Gasteiger partial charge < -0.3 is 4.74 Å². The molecular weight excluding hydrogens is 359 g/mol. The van der Waals surface area contributed by atoms with Crippen LogP contribution in [-0.2, 0) is 4.74 Å². The highest BCUT2D eigenvalue weighted by Crippen LogP contribution is 2.38. The second-order valence-corrected chi connectivity index (χ2v) is 8.40. The monoisotopic (exact) mass is 394 g/mol. The van der Waals surface area contributed by atoms with E-state index in [4.69, 9.17) is 4.74 Å². The summed E-state index contributed by atoms with van der Waals surface area (Å²) in [7, 11) is 0. The van der Waals surface area contributed by atoms with Crippen molar-refractivity contribution in [1.29, 1.82) is 0 Å². The van der Waals surface area contributed by atoms with Crippen LogP contribution in [0.3, 0.4) is 0 Å². The minimum Gasteiger partial charge on any atom is -0.365 e. The van der Waals surface area contributed by atoms with Crippen molar-refractivity contribution >= 4 is 0 Å². The van der Waals surface area contributed by atoms with Gasteiger partial charge in [-0.3, -0.25) is 0 Å². The molecule has 3 rings (SSSR count). The molecule has 0 N–H and O–H groups in total. The average molecular weight is 395 g/mol. The molecule has 1 aliphatic carbocycles. The Balaban J connectivity index is 1.65. The highest BCUT2D eigenvalue weighted by Gasteiger charge is 2.23. The Morgan fingerprint density at radius 1 is 1.03 bits per heavy atom. The molecule has 1 saturated carbocycles. The minimum absolute atomic E-state index is 0.230. The van der Waals surface area contributed by atoms with Gasteiger partial charge in [0.1, 0.15) is 11.9 Å². The molecule has 0 heterocycles. The molecule has 0 saturated heterocycles. The van der Waals surface area contributed by atoms with Gasteiger partial charge in [-0.1, -0.05) is 81.1 Å². The van der Waals surface area contributed by atoms with E-state index in [1.807, 2.05) is 6.07 Å². The lowest BCUT2D eigenvalue weighted by molar-refractivity contribution is 0.101. The standard InChI is InChI=1S/C27H35FO/c1-3-5-6-9-21-12-14-22(15-13-21)23-16-18-24(19-17-23)27(29-20-4-2)25-10-7-8-11-26(25)28/h4,7-8,10-11,16-19,21-22,27H,2-3,5-6,9,12-15,20H2,1H3. The molecule has 0 bridgehead atoms. The van der Waals surface area contributed by atoms with Crippen molar-refractivity contribution in [1.82, 2.24) is 0 Å². The van der Waals surface area contributed by atoms with Crippen LogP contribution in [0.5, 0.6) is 0 Å². The summed E-state index contributed by atoms with van der Waals surface area (Å²) in [6, 6.07) is 15.5. The van der Waals surface area contributed by atoms with Crippen LogP contribution in [0.15, 0.2) is 61.2 Å². The van der Waals surface area contributed by atoms with Crippen molar-refractivity contribution in [2.45, 2.75) is 70.3 Å². The molecule has 0 aliphatic heterocycles. The van der Waals surface area contributed by atoms with E-state index in [2.05, 4.69) is 37.8 Å². The van der Waals surface area contributed by atoms with Gasteiger partial charge in [-0.15, -0.1) is 6.58 Å². The first-order valence-corrected chi connectivity index (χ1v) is 11.3. The van der Waals surface area contributed by atoms with Gasteiger partial charge in [0, 0.05) is 5.56 Å². The maximum atomic E-state index is 14.4. The van der Waals surface area contributed by atoms with Crippen molar-refractivity contribution in [2.75, 3.05) is 6.61 Å². The Morgan fingerprint density at radius 2 is 1.76 bits per heavy atom. The van der Waals surface area contributed by atoms with E-state index in [0.717, 1.165) is 11.5 Å². The van der Waals surface area contributed by atoms with E-state index in [9.17, 15) is 4.39 Å². The zero-order valence-corrected chi connectivity index (χ0v) is 17.8. The highest BCUT2D eigenvalue weighted by atomic mass is 19.1. The number of hydrogen-bond donors (Lipinski definition) is 0. The van der Waals surface area contributed by atoms with Crippen LogP contribution in [0.1, 0.15) is 87.0 Å². The van der Waals surface area contributed by atoms with Crippen molar-refractivity contribution < 1.29 is 9.13 Å². The predicted octanol–water partition coefficient (Wildman–Crippen LogP) is 7.97. The molecule has 1 nitrogen and oxygen atoms in total. The summed E-state index contributed by atoms with van der Waals surface area (Å²) in [6.07, 6.45) is 12.1. The fraction of sp³-hybridized carbons (Fsp3) is 0.481. The second kappa shape index (κ2) is 11.3. The normalized spacial score (nSPS) is 20.3. The number of rotatable bonds is 10. The fourth-order valence-corrected chi connectivity index (χ4v) is 4.63. The molecule has 1 aliphatic rings. The molecule has 0 aromatic heterocycles. The third-order valence-corrected chi connectivity index (χ3v) is 6.34. The fourth-order valence-electron chi connectivity index (χ4n) is 4.63. The number of benzene rings is 2. The molecule has 0 amide bonds. The van der Waals surface area contributed by atoms with Gasteiger partial charge in [0.15, 0.2) is 0 Å². The smallest absolute Gasteiger partial charge is 0.129 e. The van der Waals surface area contributed by atoms with Crippen LogP contribution in [0.25, 0.3) is 0 Å². The highest BCUT2D eigenvalue weighted by molar-refractivity contribution is 5.34. The summed E-state index contributed by atoms with van der Waals surface area (Å²) in [5, 5.41) is 0.